The fourth-order valence-corrected chi connectivity index (χ4v) is 3.16. The summed E-state index contributed by atoms with van der Waals surface area (Å²) in [5, 5.41) is 11.8. The Morgan fingerprint density at radius 1 is 1.65 bits per heavy atom. The number of likely N-dealkylation sites (tertiary alicyclic amines) is 1. The smallest absolute Gasteiger partial charge is 0.0941 e. The minimum absolute atomic E-state index is 0.442. The first-order valence-corrected chi connectivity index (χ1v) is 7.18. The van der Waals surface area contributed by atoms with Crippen molar-refractivity contribution in [3.8, 4) is 6.07 Å². The summed E-state index contributed by atoms with van der Waals surface area (Å²) in [4.78, 5) is 7.01. The van der Waals surface area contributed by atoms with Crippen molar-refractivity contribution in [3.63, 3.8) is 0 Å². The van der Waals surface area contributed by atoms with E-state index in [0.29, 0.717) is 6.42 Å². The minimum Gasteiger partial charge on any atom is -0.303 e. The van der Waals surface area contributed by atoms with E-state index in [4.69, 9.17) is 5.26 Å². The molecule has 2 heterocycles. The number of aromatic nitrogens is 1. The molecule has 1 aliphatic heterocycles. The standard InChI is InChI=1S/C13H19N3S/c1-11-3-2-7-16(9-11)8-5-13-15-12(4-6-14)10-17-13/h10-11H,2-5,7-9H2,1H3. The lowest BCUT2D eigenvalue weighted by Gasteiger charge is -2.30. The van der Waals surface area contributed by atoms with Crippen LogP contribution < -0.4 is 0 Å². The van der Waals surface area contributed by atoms with Crippen molar-refractivity contribution in [2.24, 2.45) is 5.92 Å². The van der Waals surface area contributed by atoms with Crippen molar-refractivity contribution in [1.29, 1.82) is 5.26 Å². The average Bonchev–Trinajstić information content (AvgIpc) is 2.75. The predicted octanol–water partition coefficient (Wildman–Crippen LogP) is 2.48. The normalized spacial score (nSPS) is 21.3. The highest BCUT2D eigenvalue weighted by atomic mass is 32.1. The fourth-order valence-electron chi connectivity index (χ4n) is 2.37. The van der Waals surface area contributed by atoms with E-state index in [0.717, 1.165) is 24.6 Å². The van der Waals surface area contributed by atoms with E-state index in [1.165, 1.54) is 30.9 Å². The Balaban J connectivity index is 1.78. The highest BCUT2D eigenvalue weighted by molar-refractivity contribution is 7.09. The monoisotopic (exact) mass is 249 g/mol. The van der Waals surface area contributed by atoms with Crippen LogP contribution in [0.5, 0.6) is 0 Å². The number of thiazole rings is 1. The van der Waals surface area contributed by atoms with Crippen molar-refractivity contribution >= 4 is 11.3 Å². The number of hydrogen-bond donors (Lipinski definition) is 0. The number of piperidine rings is 1. The molecule has 0 amide bonds. The summed E-state index contributed by atoms with van der Waals surface area (Å²) in [5.74, 6) is 0.842. The summed E-state index contributed by atoms with van der Waals surface area (Å²) in [6.45, 7) is 5.92. The lowest BCUT2D eigenvalue weighted by Crippen LogP contribution is -2.35. The van der Waals surface area contributed by atoms with Crippen LogP contribution in [0.25, 0.3) is 0 Å². The first kappa shape index (κ1) is 12.5. The molecule has 1 fully saturated rings. The van der Waals surface area contributed by atoms with Crippen molar-refractivity contribution in [2.45, 2.75) is 32.6 Å². The van der Waals surface area contributed by atoms with Gasteiger partial charge in [-0.2, -0.15) is 5.26 Å². The van der Waals surface area contributed by atoms with Crippen LogP contribution in [0.3, 0.4) is 0 Å². The molecule has 0 saturated carbocycles. The minimum atomic E-state index is 0.442. The van der Waals surface area contributed by atoms with Gasteiger partial charge in [0, 0.05) is 24.9 Å². The maximum atomic E-state index is 8.60. The molecule has 0 radical (unpaired) electrons. The molecule has 1 aromatic rings. The zero-order chi connectivity index (χ0) is 12.1. The Hall–Kier alpha value is -0.920. The molecule has 1 saturated heterocycles. The number of nitrogens with zero attached hydrogens (tertiary/aromatic N) is 3. The Morgan fingerprint density at radius 3 is 3.29 bits per heavy atom. The van der Waals surface area contributed by atoms with Crippen LogP contribution >= 0.6 is 11.3 Å². The van der Waals surface area contributed by atoms with Gasteiger partial charge >= 0.3 is 0 Å². The van der Waals surface area contributed by atoms with E-state index in [1.807, 2.05) is 5.38 Å². The highest BCUT2D eigenvalue weighted by Crippen LogP contribution is 2.17. The molecule has 0 aliphatic carbocycles. The van der Waals surface area contributed by atoms with Crippen LogP contribution in [0.4, 0.5) is 0 Å². The Kier molecular flexibility index (Phi) is 4.52. The zero-order valence-electron chi connectivity index (χ0n) is 10.4. The highest BCUT2D eigenvalue weighted by Gasteiger charge is 2.16. The van der Waals surface area contributed by atoms with Crippen LogP contribution in [-0.4, -0.2) is 29.5 Å². The Bertz CT molecular complexity index is 394. The first-order chi connectivity index (χ1) is 8.28. The second kappa shape index (κ2) is 6.13. The lowest BCUT2D eigenvalue weighted by molar-refractivity contribution is 0.186. The summed E-state index contributed by atoms with van der Waals surface area (Å²) in [5.41, 5.74) is 0.930. The molecule has 0 bridgehead atoms. The van der Waals surface area contributed by atoms with Crippen LogP contribution in [0.2, 0.25) is 0 Å². The summed E-state index contributed by atoms with van der Waals surface area (Å²) < 4.78 is 0. The summed E-state index contributed by atoms with van der Waals surface area (Å²) in [6, 6.07) is 2.14. The lowest BCUT2D eigenvalue weighted by atomic mass is 10.0. The molecule has 2 rings (SSSR count). The second-order valence-electron chi connectivity index (χ2n) is 4.87. The van der Waals surface area contributed by atoms with Gasteiger partial charge in [0.15, 0.2) is 0 Å². The third-order valence-corrected chi connectivity index (χ3v) is 4.20. The van der Waals surface area contributed by atoms with Crippen LogP contribution in [0.15, 0.2) is 5.38 Å². The van der Waals surface area contributed by atoms with Gasteiger partial charge in [0.1, 0.15) is 0 Å². The Morgan fingerprint density at radius 2 is 2.53 bits per heavy atom. The average molecular weight is 249 g/mol. The van der Waals surface area contributed by atoms with Crippen LogP contribution in [-0.2, 0) is 12.8 Å². The second-order valence-corrected chi connectivity index (χ2v) is 5.81. The van der Waals surface area contributed by atoms with Crippen LogP contribution in [0.1, 0.15) is 30.5 Å². The van der Waals surface area contributed by atoms with E-state index in [-0.39, 0.29) is 0 Å². The molecule has 4 heteroatoms. The first-order valence-electron chi connectivity index (χ1n) is 6.30. The molecule has 1 atom stereocenters. The zero-order valence-corrected chi connectivity index (χ0v) is 11.2. The molecule has 1 aromatic heterocycles. The van der Waals surface area contributed by atoms with E-state index in [2.05, 4.69) is 22.9 Å². The van der Waals surface area contributed by atoms with Gasteiger partial charge in [-0.15, -0.1) is 11.3 Å². The number of nitriles is 1. The summed E-state index contributed by atoms with van der Waals surface area (Å²) in [7, 11) is 0. The van der Waals surface area contributed by atoms with Gasteiger partial charge in [-0.05, 0) is 25.3 Å². The topological polar surface area (TPSA) is 39.9 Å². The van der Waals surface area contributed by atoms with Crippen molar-refractivity contribution in [1.82, 2.24) is 9.88 Å². The maximum absolute atomic E-state index is 8.60. The number of hydrogen-bond acceptors (Lipinski definition) is 4. The largest absolute Gasteiger partial charge is 0.303 e. The van der Waals surface area contributed by atoms with E-state index in [9.17, 15) is 0 Å². The van der Waals surface area contributed by atoms with E-state index >= 15 is 0 Å². The van der Waals surface area contributed by atoms with Gasteiger partial charge in [-0.1, -0.05) is 6.92 Å². The third-order valence-electron chi connectivity index (χ3n) is 3.24. The number of rotatable bonds is 4. The molecular weight excluding hydrogens is 230 g/mol. The van der Waals surface area contributed by atoms with Gasteiger partial charge in [-0.25, -0.2) is 4.98 Å². The van der Waals surface area contributed by atoms with Crippen molar-refractivity contribution in [2.75, 3.05) is 19.6 Å². The molecule has 1 aliphatic rings. The van der Waals surface area contributed by atoms with Gasteiger partial charge in [0.2, 0.25) is 0 Å². The fraction of sp³-hybridized carbons (Fsp3) is 0.692. The Labute approximate surface area is 107 Å². The van der Waals surface area contributed by atoms with Gasteiger partial charge < -0.3 is 4.90 Å². The van der Waals surface area contributed by atoms with Gasteiger partial charge in [0.25, 0.3) is 0 Å². The molecule has 17 heavy (non-hydrogen) atoms. The molecule has 0 aromatic carbocycles. The van der Waals surface area contributed by atoms with Gasteiger partial charge in [0.05, 0.1) is 23.2 Å². The quantitative estimate of drug-likeness (QED) is 0.823. The molecule has 0 spiro atoms. The third kappa shape index (κ3) is 3.79. The van der Waals surface area contributed by atoms with E-state index < -0.39 is 0 Å². The predicted molar refractivity (Wildman–Crippen MR) is 70.0 cm³/mol. The molecular formula is C13H19N3S. The molecule has 92 valence electrons. The van der Waals surface area contributed by atoms with Crippen molar-refractivity contribution in [3.05, 3.63) is 16.1 Å². The van der Waals surface area contributed by atoms with Crippen LogP contribution in [0, 0.1) is 17.2 Å². The SMILES string of the molecule is CC1CCCN(CCc2nc(CC#N)cs2)C1. The van der Waals surface area contributed by atoms with Crippen molar-refractivity contribution < 1.29 is 0 Å². The molecule has 3 nitrogen and oxygen atoms in total. The molecule has 1 unspecified atom stereocenters. The molecule has 0 N–H and O–H groups in total. The summed E-state index contributed by atoms with van der Waals surface area (Å²) in [6.07, 6.45) is 4.18. The van der Waals surface area contributed by atoms with Gasteiger partial charge in [-0.3, -0.25) is 0 Å². The van der Waals surface area contributed by atoms with E-state index in [1.54, 1.807) is 11.3 Å². The summed E-state index contributed by atoms with van der Waals surface area (Å²) >= 11 is 1.69. The maximum Gasteiger partial charge on any atom is 0.0941 e.